The number of aryl methyl sites for hydroxylation is 3. The fourth-order valence-electron chi connectivity index (χ4n) is 2.19. The predicted molar refractivity (Wildman–Crippen MR) is 87.5 cm³/mol. The first-order chi connectivity index (χ1) is 10.3. The average Bonchev–Trinajstić information content (AvgIpc) is 3.12. The first-order valence-electron chi connectivity index (χ1n) is 7.27. The van der Waals surface area contributed by atoms with Gasteiger partial charge in [-0.3, -0.25) is 4.68 Å². The Morgan fingerprint density at radius 1 is 1.41 bits per heavy atom. The zero-order chi connectivity index (χ0) is 16.5. The molecule has 1 unspecified atom stereocenters. The third kappa shape index (κ3) is 3.09. The summed E-state index contributed by atoms with van der Waals surface area (Å²) in [6.07, 6.45) is 3.83. The number of rotatable bonds is 6. The zero-order valence-corrected chi connectivity index (χ0v) is 15.2. The van der Waals surface area contributed by atoms with Gasteiger partial charge in [-0.15, -0.1) is 11.3 Å². The minimum atomic E-state index is -3.56. The van der Waals surface area contributed by atoms with Crippen LogP contribution in [0.1, 0.15) is 42.4 Å². The molecule has 6 nitrogen and oxygen atoms in total. The van der Waals surface area contributed by atoms with Crippen LogP contribution in [-0.4, -0.2) is 34.5 Å². The normalized spacial score (nSPS) is 13.7. The lowest BCUT2D eigenvalue weighted by molar-refractivity contribution is 0.401. The van der Waals surface area contributed by atoms with Crippen LogP contribution in [0, 0.1) is 6.92 Å². The molecular formula is C14H22N4O2S2. The van der Waals surface area contributed by atoms with Crippen LogP contribution in [0.3, 0.4) is 0 Å². The molecule has 2 aromatic heterocycles. The third-order valence-electron chi connectivity index (χ3n) is 3.71. The lowest BCUT2D eigenvalue weighted by Crippen LogP contribution is -2.29. The maximum absolute atomic E-state index is 12.7. The van der Waals surface area contributed by atoms with Gasteiger partial charge in [-0.2, -0.15) is 9.40 Å². The molecule has 0 aliphatic rings. The smallest absolute Gasteiger partial charge is 0.246 e. The summed E-state index contributed by atoms with van der Waals surface area (Å²) in [5, 5.41) is 5.08. The maximum Gasteiger partial charge on any atom is 0.246 e. The van der Waals surface area contributed by atoms with Crippen molar-refractivity contribution in [3.8, 4) is 0 Å². The molecule has 0 spiro atoms. The summed E-state index contributed by atoms with van der Waals surface area (Å²) in [7, 11) is -1.96. The van der Waals surface area contributed by atoms with E-state index in [0.29, 0.717) is 6.54 Å². The highest BCUT2D eigenvalue weighted by atomic mass is 32.2. The molecule has 0 saturated heterocycles. The number of hydrogen-bond donors (Lipinski definition) is 0. The standard InChI is InChI=1S/C14H22N4O2S2/c1-6-13-16-10(3)14(21-13)11(4)17(5)22(19,20)12-8-15-18(7-2)9-12/h8-9,11H,6-7H2,1-5H3. The van der Waals surface area contributed by atoms with Crippen molar-refractivity contribution in [2.75, 3.05) is 7.05 Å². The monoisotopic (exact) mass is 342 g/mol. The van der Waals surface area contributed by atoms with Gasteiger partial charge in [0.1, 0.15) is 4.90 Å². The van der Waals surface area contributed by atoms with Crippen LogP contribution in [0.4, 0.5) is 0 Å². The topological polar surface area (TPSA) is 68.1 Å². The van der Waals surface area contributed by atoms with Crippen molar-refractivity contribution >= 4 is 21.4 Å². The fourth-order valence-corrected chi connectivity index (χ4v) is 4.65. The molecule has 22 heavy (non-hydrogen) atoms. The van der Waals surface area contributed by atoms with Gasteiger partial charge in [-0.1, -0.05) is 6.92 Å². The van der Waals surface area contributed by atoms with Crippen molar-refractivity contribution in [3.05, 3.63) is 28.0 Å². The Morgan fingerprint density at radius 3 is 2.59 bits per heavy atom. The Morgan fingerprint density at radius 2 is 2.09 bits per heavy atom. The summed E-state index contributed by atoms with van der Waals surface area (Å²) in [5.41, 5.74) is 0.903. The molecule has 8 heteroatoms. The highest BCUT2D eigenvalue weighted by molar-refractivity contribution is 7.89. The van der Waals surface area contributed by atoms with E-state index in [1.807, 2.05) is 27.7 Å². The van der Waals surface area contributed by atoms with Gasteiger partial charge in [0.2, 0.25) is 10.0 Å². The molecule has 2 rings (SSSR count). The Balaban J connectivity index is 2.32. The summed E-state index contributed by atoms with van der Waals surface area (Å²) >= 11 is 1.58. The maximum atomic E-state index is 12.7. The van der Waals surface area contributed by atoms with Gasteiger partial charge in [0.15, 0.2) is 0 Å². The Kier molecular flexibility index (Phi) is 5.03. The van der Waals surface area contributed by atoms with E-state index in [4.69, 9.17) is 0 Å². The molecular weight excluding hydrogens is 320 g/mol. The van der Waals surface area contributed by atoms with Crippen LogP contribution in [0.5, 0.6) is 0 Å². The zero-order valence-electron chi connectivity index (χ0n) is 13.6. The molecule has 1 atom stereocenters. The van der Waals surface area contributed by atoms with Crippen molar-refractivity contribution in [1.29, 1.82) is 0 Å². The SMILES string of the molecule is CCc1nc(C)c(C(C)N(C)S(=O)(=O)c2cnn(CC)c2)s1. The Labute approximate surface area is 135 Å². The molecule has 2 aromatic rings. The van der Waals surface area contributed by atoms with Gasteiger partial charge in [0.25, 0.3) is 0 Å². The van der Waals surface area contributed by atoms with Gasteiger partial charge in [0, 0.05) is 24.7 Å². The van der Waals surface area contributed by atoms with E-state index in [1.165, 1.54) is 10.5 Å². The molecule has 0 aliphatic heterocycles. The van der Waals surface area contributed by atoms with Gasteiger partial charge in [-0.25, -0.2) is 13.4 Å². The van der Waals surface area contributed by atoms with Gasteiger partial charge >= 0.3 is 0 Å². The third-order valence-corrected chi connectivity index (χ3v) is 7.07. The summed E-state index contributed by atoms with van der Waals surface area (Å²) in [6, 6.07) is -0.257. The molecule has 0 bridgehead atoms. The molecule has 0 amide bonds. The highest BCUT2D eigenvalue weighted by Crippen LogP contribution is 2.31. The number of sulfonamides is 1. The first-order valence-corrected chi connectivity index (χ1v) is 9.53. The molecule has 0 aliphatic carbocycles. The minimum absolute atomic E-state index is 0.224. The first kappa shape index (κ1) is 17.1. The van der Waals surface area contributed by atoms with Gasteiger partial charge in [0.05, 0.1) is 22.9 Å². The average molecular weight is 342 g/mol. The van der Waals surface area contributed by atoms with E-state index < -0.39 is 10.0 Å². The van der Waals surface area contributed by atoms with Crippen LogP contribution >= 0.6 is 11.3 Å². The molecule has 0 fully saturated rings. The Hall–Kier alpha value is -1.25. The van der Waals surface area contributed by atoms with Crippen LogP contribution in [0.15, 0.2) is 17.3 Å². The van der Waals surface area contributed by atoms with Crippen molar-refractivity contribution in [2.45, 2.75) is 51.6 Å². The van der Waals surface area contributed by atoms with E-state index in [0.717, 1.165) is 22.0 Å². The second-order valence-electron chi connectivity index (χ2n) is 5.14. The Bertz CT molecular complexity index is 749. The van der Waals surface area contributed by atoms with Crippen LogP contribution in [0.25, 0.3) is 0 Å². The molecule has 0 aromatic carbocycles. The molecule has 122 valence electrons. The van der Waals surface area contributed by atoms with Crippen molar-refractivity contribution in [3.63, 3.8) is 0 Å². The molecule has 0 N–H and O–H groups in total. The lowest BCUT2D eigenvalue weighted by Gasteiger charge is -2.23. The number of thiazole rings is 1. The minimum Gasteiger partial charge on any atom is -0.272 e. The molecule has 0 saturated carbocycles. The number of aromatic nitrogens is 3. The van der Waals surface area contributed by atoms with E-state index in [2.05, 4.69) is 10.1 Å². The highest BCUT2D eigenvalue weighted by Gasteiger charge is 2.29. The summed E-state index contributed by atoms with van der Waals surface area (Å²) in [5.74, 6) is 0. The van der Waals surface area contributed by atoms with Crippen LogP contribution in [0.2, 0.25) is 0 Å². The van der Waals surface area contributed by atoms with E-state index in [-0.39, 0.29) is 10.9 Å². The van der Waals surface area contributed by atoms with Gasteiger partial charge < -0.3 is 0 Å². The van der Waals surface area contributed by atoms with Crippen molar-refractivity contribution in [2.24, 2.45) is 0 Å². The largest absolute Gasteiger partial charge is 0.272 e. The molecule has 2 heterocycles. The number of nitrogens with zero attached hydrogens (tertiary/aromatic N) is 4. The molecule has 0 radical (unpaired) electrons. The predicted octanol–water partition coefficient (Wildman–Crippen LogP) is 2.61. The van der Waals surface area contributed by atoms with E-state index in [9.17, 15) is 8.42 Å². The second kappa shape index (κ2) is 6.47. The second-order valence-corrected chi connectivity index (χ2v) is 8.25. The lowest BCUT2D eigenvalue weighted by atomic mass is 10.2. The summed E-state index contributed by atoms with van der Waals surface area (Å²) < 4.78 is 28.4. The quantitative estimate of drug-likeness (QED) is 0.809. The number of hydrogen-bond acceptors (Lipinski definition) is 5. The van der Waals surface area contributed by atoms with Gasteiger partial charge in [-0.05, 0) is 27.2 Å². The van der Waals surface area contributed by atoms with Crippen LogP contribution in [-0.2, 0) is 23.0 Å². The summed E-state index contributed by atoms with van der Waals surface area (Å²) in [6.45, 7) is 8.43. The summed E-state index contributed by atoms with van der Waals surface area (Å²) in [4.78, 5) is 5.70. The van der Waals surface area contributed by atoms with Crippen LogP contribution < -0.4 is 0 Å². The fraction of sp³-hybridized carbons (Fsp3) is 0.571. The van der Waals surface area contributed by atoms with Crippen molar-refractivity contribution < 1.29 is 8.42 Å². The van der Waals surface area contributed by atoms with E-state index >= 15 is 0 Å². The van der Waals surface area contributed by atoms with E-state index in [1.54, 1.807) is 29.3 Å². The van der Waals surface area contributed by atoms with Crippen molar-refractivity contribution in [1.82, 2.24) is 19.1 Å².